The van der Waals surface area contributed by atoms with Gasteiger partial charge < -0.3 is 10.2 Å². The Hall–Kier alpha value is -3.50. The van der Waals surface area contributed by atoms with E-state index in [1.54, 1.807) is 0 Å². The first-order chi connectivity index (χ1) is 30.8. The first kappa shape index (κ1) is 45.3. The molecular weight excluding hydrogens is 957 g/mol. The van der Waals surface area contributed by atoms with Gasteiger partial charge in [-0.2, -0.15) is 0 Å². The van der Waals surface area contributed by atoms with E-state index in [-0.39, 0.29) is 56.1 Å². The Bertz CT molecular complexity index is 2390. The maximum absolute atomic E-state index is 15.2. The van der Waals surface area contributed by atoms with E-state index >= 15 is 10.2 Å². The normalized spacial score (nSPS) is 28.5. The van der Waals surface area contributed by atoms with Crippen LogP contribution in [0, 0.1) is 49.4 Å². The van der Waals surface area contributed by atoms with Gasteiger partial charge in [0.1, 0.15) is 0 Å². The molecule has 4 heteroatoms. The molecule has 0 N–H and O–H groups in total. The molecule has 4 aromatic carbocycles. The van der Waals surface area contributed by atoms with Gasteiger partial charge in [0.25, 0.3) is 0 Å². The van der Waals surface area contributed by atoms with Crippen LogP contribution in [-0.2, 0) is 44.6 Å². The molecule has 338 valence electrons. The fraction of sp³-hybridized carbons (Fsp3) is 0.525. The van der Waals surface area contributed by atoms with E-state index in [9.17, 15) is 0 Å². The molecule has 0 aliphatic heterocycles. The van der Waals surface area contributed by atoms with Crippen molar-refractivity contribution >= 4 is 0 Å². The number of hydrogen-bond donors (Lipinski definition) is 0. The molecule has 3 nitrogen and oxygen atoms in total. The van der Waals surface area contributed by atoms with Crippen LogP contribution in [0.2, 0.25) is 9.36 Å². The molecule has 8 fully saturated rings. The quantitative estimate of drug-likeness (QED) is 0.159. The number of nitrogens with zero attached hydrogens (tertiary/aromatic N) is 1. The van der Waals surface area contributed by atoms with Crippen molar-refractivity contribution in [1.82, 2.24) is 4.98 Å². The van der Waals surface area contributed by atoms with Crippen LogP contribution in [0.5, 0.6) is 11.5 Å². The zero-order valence-corrected chi connectivity index (χ0v) is 44.8. The Labute approximate surface area is 403 Å². The van der Waals surface area contributed by atoms with Crippen molar-refractivity contribution in [2.45, 2.75) is 163 Å². The Morgan fingerprint density at radius 1 is 0.462 bits per heavy atom. The SMILES string of the molecule is Cc1cc(-c2ccc(C(C)(C)C)cc2-c2cccc(-c3cc(C(C)(C)C)ccc3-c3cc(C)cc(C45CC6CC(CC(C6)C4)C5)c3[O-])n2)c([O-])c(C23CC4CC(CC(C4)C2)C3)c1.[CH3][Hf+2][CH3]. The fourth-order valence-electron chi connectivity index (χ4n) is 15.3. The maximum atomic E-state index is 15.2. The summed E-state index contributed by atoms with van der Waals surface area (Å²) in [5.41, 5.74) is 14.0. The van der Waals surface area contributed by atoms with Crippen LogP contribution in [0.15, 0.2) is 78.9 Å². The van der Waals surface area contributed by atoms with Gasteiger partial charge >= 0.3 is 32.3 Å². The third kappa shape index (κ3) is 8.24. The molecule has 8 aliphatic carbocycles. The van der Waals surface area contributed by atoms with Crippen molar-refractivity contribution in [2.75, 3.05) is 0 Å². The molecule has 1 heterocycles. The predicted octanol–water partition coefficient (Wildman–Crippen LogP) is 15.2. The summed E-state index contributed by atoms with van der Waals surface area (Å²) in [6, 6.07) is 28.7. The topological polar surface area (TPSA) is 59.0 Å². The number of hydrogen-bond acceptors (Lipinski definition) is 3. The van der Waals surface area contributed by atoms with Crippen LogP contribution in [0.25, 0.3) is 44.8 Å². The predicted molar refractivity (Wildman–Crippen MR) is 263 cm³/mol. The van der Waals surface area contributed by atoms with Crippen molar-refractivity contribution in [3.63, 3.8) is 0 Å². The molecule has 0 saturated heterocycles. The van der Waals surface area contributed by atoms with E-state index in [1.165, 1.54) is 99.3 Å². The van der Waals surface area contributed by atoms with Gasteiger partial charge in [0.05, 0.1) is 11.4 Å². The van der Waals surface area contributed by atoms with E-state index in [0.717, 1.165) is 91.4 Å². The molecule has 8 bridgehead atoms. The second kappa shape index (κ2) is 16.6. The van der Waals surface area contributed by atoms with Crippen molar-refractivity contribution in [2.24, 2.45) is 35.5 Å². The molecule has 0 spiro atoms. The minimum atomic E-state index is -0.0968. The van der Waals surface area contributed by atoms with E-state index in [2.05, 4.69) is 144 Å². The van der Waals surface area contributed by atoms with Crippen LogP contribution in [0.4, 0.5) is 0 Å². The van der Waals surface area contributed by atoms with Gasteiger partial charge in [0, 0.05) is 11.1 Å². The fourth-order valence-corrected chi connectivity index (χ4v) is 15.3. The number of rotatable bonds is 6. The van der Waals surface area contributed by atoms with Gasteiger partial charge in [0.15, 0.2) is 0 Å². The number of pyridine rings is 1. The zero-order valence-electron chi connectivity index (χ0n) is 41.2. The van der Waals surface area contributed by atoms with Crippen LogP contribution in [0.3, 0.4) is 0 Å². The van der Waals surface area contributed by atoms with E-state index in [4.69, 9.17) is 4.98 Å². The summed E-state index contributed by atoms with van der Waals surface area (Å²) in [6.45, 7) is 17.9. The van der Waals surface area contributed by atoms with Crippen molar-refractivity contribution in [3.05, 3.63) is 112 Å². The van der Waals surface area contributed by atoms with Crippen LogP contribution >= 0.6 is 0 Å². The first-order valence-electron chi connectivity index (χ1n) is 25.4. The second-order valence-electron chi connectivity index (χ2n) is 24.7. The first-order valence-corrected chi connectivity index (χ1v) is 32.5. The summed E-state index contributed by atoms with van der Waals surface area (Å²) >= 11 is 0.0833. The van der Waals surface area contributed by atoms with Crippen LogP contribution in [-0.4, -0.2) is 4.98 Å². The molecule has 8 aliphatic rings. The number of aryl methyl sites for hydroxylation is 2. The van der Waals surface area contributed by atoms with Gasteiger partial charge in [-0.05, 0) is 217 Å². The summed E-state index contributed by atoms with van der Waals surface area (Å²) in [6.07, 6.45) is 15.2. The van der Waals surface area contributed by atoms with Gasteiger partial charge in [-0.25, -0.2) is 4.98 Å². The van der Waals surface area contributed by atoms with Gasteiger partial charge in [0.2, 0.25) is 0 Å². The Balaban J connectivity index is 0.00000162. The number of aromatic nitrogens is 1. The second-order valence-corrected chi connectivity index (χ2v) is 28.3. The Morgan fingerprint density at radius 2 is 0.785 bits per heavy atom. The standard InChI is InChI=1S/C59H69NO2.2CH3.Hf/c1-34-16-48(54(61)50(18-34)58-28-36-20-37(29-58)22-38(21-36)30-58)44-14-12-42(56(3,4)5)26-46(44)52-10-9-11-53(60-52)47-27-43(57(6,7)8)13-15-45(47)49-17-35(2)19-51(55(49)62)59-31-39-23-40(32-59)25-41(24-39)33-59;;;/h9-19,26-27,36-41,61-62H,20-25,28-33H2,1-8H3;2*1H3;/q;;;+2/p-2. The monoisotopic (exact) mass is 1030 g/mol. The summed E-state index contributed by atoms with van der Waals surface area (Å²) < 4.78 is 4.64. The van der Waals surface area contributed by atoms with Crippen LogP contribution in [0.1, 0.15) is 152 Å². The van der Waals surface area contributed by atoms with Gasteiger partial charge in [-0.1, -0.05) is 119 Å². The summed E-state index contributed by atoms with van der Waals surface area (Å²) in [5.74, 6) is 5.03. The van der Waals surface area contributed by atoms with E-state index < -0.39 is 0 Å². The summed E-state index contributed by atoms with van der Waals surface area (Å²) in [4.78, 5) is 5.59. The Morgan fingerprint density at radius 3 is 1.09 bits per heavy atom. The summed E-state index contributed by atoms with van der Waals surface area (Å²) in [7, 11) is 0. The molecule has 65 heavy (non-hydrogen) atoms. The van der Waals surface area contributed by atoms with Gasteiger partial charge in [-0.15, -0.1) is 0 Å². The average molecular weight is 1030 g/mol. The molecular formula is C61H73HfNO2. The molecule has 0 amide bonds. The van der Waals surface area contributed by atoms with E-state index in [0.29, 0.717) is 0 Å². The van der Waals surface area contributed by atoms with Crippen molar-refractivity contribution in [1.29, 1.82) is 0 Å². The molecule has 8 saturated carbocycles. The minimum absolute atomic E-state index is 0.0104. The number of benzene rings is 4. The Kier molecular flexibility index (Phi) is 11.6. The third-order valence-electron chi connectivity index (χ3n) is 17.3. The zero-order chi connectivity index (χ0) is 45.8. The van der Waals surface area contributed by atoms with E-state index in [1.807, 2.05) is 0 Å². The van der Waals surface area contributed by atoms with Gasteiger partial charge in [-0.3, -0.25) is 0 Å². The van der Waals surface area contributed by atoms with Crippen molar-refractivity contribution in [3.8, 4) is 56.3 Å². The molecule has 13 rings (SSSR count). The average Bonchev–Trinajstić information content (AvgIpc) is 3.23. The molecule has 0 atom stereocenters. The van der Waals surface area contributed by atoms with Crippen molar-refractivity contribution < 1.29 is 33.1 Å². The molecule has 0 radical (unpaired) electrons. The third-order valence-corrected chi connectivity index (χ3v) is 17.3. The molecule has 1 aromatic heterocycles. The summed E-state index contributed by atoms with van der Waals surface area (Å²) in [5, 5.41) is 30.3. The molecule has 0 unspecified atom stereocenters. The van der Waals surface area contributed by atoms with Crippen LogP contribution < -0.4 is 10.2 Å². The molecule has 5 aromatic rings.